The van der Waals surface area contributed by atoms with E-state index in [0.29, 0.717) is 10.9 Å². The van der Waals surface area contributed by atoms with Crippen molar-refractivity contribution in [2.75, 3.05) is 0 Å². The Morgan fingerprint density at radius 3 is 2.71 bits per heavy atom. The van der Waals surface area contributed by atoms with Crippen molar-refractivity contribution in [2.45, 2.75) is 18.6 Å². The van der Waals surface area contributed by atoms with Crippen LogP contribution in [0, 0.1) is 0 Å². The molecule has 0 spiro atoms. The molecule has 1 atom stereocenters. The van der Waals surface area contributed by atoms with E-state index >= 15 is 0 Å². The zero-order valence-electron chi connectivity index (χ0n) is 11.0. The lowest BCUT2D eigenvalue weighted by Gasteiger charge is -1.99. The number of hydrogen-bond acceptors (Lipinski definition) is 5. The van der Waals surface area contributed by atoms with Crippen molar-refractivity contribution < 1.29 is 14.7 Å². The quantitative estimate of drug-likeness (QED) is 0.628. The van der Waals surface area contributed by atoms with Gasteiger partial charge in [0.25, 0.3) is 0 Å². The summed E-state index contributed by atoms with van der Waals surface area (Å²) in [7, 11) is 0. The lowest BCUT2D eigenvalue weighted by atomic mass is 10.1. The molecule has 6 nitrogen and oxygen atoms in total. The summed E-state index contributed by atoms with van der Waals surface area (Å²) in [5.41, 5.74) is 1.62. The maximum Gasteiger partial charge on any atom is 0.305 e. The zero-order chi connectivity index (χ0) is 15.4. The van der Waals surface area contributed by atoms with Crippen molar-refractivity contribution in [3.8, 4) is 0 Å². The van der Waals surface area contributed by atoms with Gasteiger partial charge in [0.05, 0.1) is 12.1 Å². The third-order valence-electron chi connectivity index (χ3n) is 2.69. The van der Waals surface area contributed by atoms with E-state index in [1.54, 1.807) is 0 Å². The lowest BCUT2D eigenvalue weighted by molar-refractivity contribution is -0.138. The van der Waals surface area contributed by atoms with Gasteiger partial charge in [-0.3, -0.25) is 9.59 Å². The first-order valence-corrected chi connectivity index (χ1v) is 7.70. The molecule has 8 heteroatoms. The van der Waals surface area contributed by atoms with Gasteiger partial charge in [-0.25, -0.2) is 0 Å². The number of aliphatic carboxylic acids is 1. The number of amides is 1. The van der Waals surface area contributed by atoms with Gasteiger partial charge in [0.1, 0.15) is 5.25 Å². The Labute approximate surface area is 133 Å². The Kier molecular flexibility index (Phi) is 5.13. The van der Waals surface area contributed by atoms with Crippen LogP contribution in [0.15, 0.2) is 38.9 Å². The first-order chi connectivity index (χ1) is 9.95. The molecule has 110 valence electrons. The van der Waals surface area contributed by atoms with Crippen LogP contribution in [0.4, 0.5) is 0 Å². The van der Waals surface area contributed by atoms with Crippen LogP contribution in [0.5, 0.6) is 0 Å². The van der Waals surface area contributed by atoms with Crippen LogP contribution in [0.1, 0.15) is 18.9 Å². The van der Waals surface area contributed by atoms with Crippen LogP contribution >= 0.6 is 27.7 Å². The van der Waals surface area contributed by atoms with E-state index in [1.807, 2.05) is 31.2 Å². The topological polar surface area (TPSA) is 91.1 Å². The fourth-order valence-electron chi connectivity index (χ4n) is 1.61. The average molecular weight is 370 g/mol. The van der Waals surface area contributed by atoms with Crippen LogP contribution in [0.25, 0.3) is 0 Å². The van der Waals surface area contributed by atoms with E-state index < -0.39 is 11.2 Å². The van der Waals surface area contributed by atoms with Crippen LogP contribution in [0.2, 0.25) is 0 Å². The highest BCUT2D eigenvalue weighted by atomic mass is 79.9. The monoisotopic (exact) mass is 369 g/mol. The number of amidine groups is 1. The molecule has 1 aliphatic rings. The van der Waals surface area contributed by atoms with Gasteiger partial charge < -0.3 is 10.4 Å². The molecule has 0 saturated carbocycles. The Morgan fingerprint density at radius 1 is 1.43 bits per heavy atom. The molecule has 1 fully saturated rings. The van der Waals surface area contributed by atoms with Gasteiger partial charge in [-0.2, -0.15) is 5.10 Å². The van der Waals surface area contributed by atoms with Crippen LogP contribution in [0.3, 0.4) is 0 Å². The predicted octanol–water partition coefficient (Wildman–Crippen LogP) is 2.24. The molecular weight excluding hydrogens is 358 g/mol. The fourth-order valence-corrected chi connectivity index (χ4v) is 2.79. The minimum Gasteiger partial charge on any atom is -0.481 e. The van der Waals surface area contributed by atoms with E-state index in [2.05, 4.69) is 31.4 Å². The molecule has 21 heavy (non-hydrogen) atoms. The SMILES string of the molecule is C/C(=N/N=C1\NC(=O)C(CC(=O)O)S1)c1ccc(Br)cc1. The van der Waals surface area contributed by atoms with Gasteiger partial charge in [-0.1, -0.05) is 39.8 Å². The van der Waals surface area contributed by atoms with Crippen LogP contribution < -0.4 is 5.32 Å². The standard InChI is InChI=1S/C13H12BrN3O3S/c1-7(8-2-4-9(14)5-3-8)16-17-13-15-12(20)10(21-13)6-11(18)19/h2-5,10H,6H2,1H3,(H,18,19)(H,15,17,20)/b16-7-. The minimum absolute atomic E-state index is 0.231. The molecule has 0 aliphatic carbocycles. The molecule has 1 saturated heterocycles. The summed E-state index contributed by atoms with van der Waals surface area (Å²) in [5.74, 6) is -1.36. The molecule has 0 radical (unpaired) electrons. The van der Waals surface area contributed by atoms with Crippen molar-refractivity contribution in [2.24, 2.45) is 10.2 Å². The van der Waals surface area contributed by atoms with Crippen molar-refractivity contribution in [1.82, 2.24) is 5.32 Å². The molecule has 1 heterocycles. The number of carbonyl (C=O) groups is 2. The molecule has 1 unspecified atom stereocenters. The second-order valence-corrected chi connectivity index (χ2v) is 6.40. The molecule has 1 aromatic rings. The Bertz CT molecular complexity index is 628. The summed E-state index contributed by atoms with van der Waals surface area (Å²) in [4.78, 5) is 22.2. The molecule has 1 amide bonds. The normalized spacial score (nSPS) is 20.7. The van der Waals surface area contributed by atoms with Crippen molar-refractivity contribution in [1.29, 1.82) is 0 Å². The lowest BCUT2D eigenvalue weighted by Crippen LogP contribution is -2.26. The molecule has 1 aliphatic heterocycles. The van der Waals surface area contributed by atoms with Gasteiger partial charge in [0.2, 0.25) is 5.91 Å². The number of hydrogen-bond donors (Lipinski definition) is 2. The second-order valence-electron chi connectivity index (χ2n) is 4.29. The van der Waals surface area contributed by atoms with Crippen molar-refractivity contribution >= 4 is 50.4 Å². The number of benzene rings is 1. The van der Waals surface area contributed by atoms with Crippen LogP contribution in [-0.2, 0) is 9.59 Å². The molecule has 0 aromatic heterocycles. The Balaban J connectivity index is 2.07. The number of rotatable bonds is 4. The number of thioether (sulfide) groups is 1. The largest absolute Gasteiger partial charge is 0.481 e. The third-order valence-corrected chi connectivity index (χ3v) is 4.29. The predicted molar refractivity (Wildman–Crippen MR) is 85.6 cm³/mol. The highest BCUT2D eigenvalue weighted by Crippen LogP contribution is 2.22. The molecular formula is C13H12BrN3O3S. The van der Waals surface area contributed by atoms with Gasteiger partial charge in [-0.05, 0) is 24.6 Å². The van der Waals surface area contributed by atoms with Gasteiger partial charge in [-0.15, -0.1) is 5.10 Å². The average Bonchev–Trinajstić information content (AvgIpc) is 2.77. The number of nitrogens with one attached hydrogen (secondary N) is 1. The molecule has 2 N–H and O–H groups in total. The smallest absolute Gasteiger partial charge is 0.305 e. The van der Waals surface area contributed by atoms with Gasteiger partial charge >= 0.3 is 5.97 Å². The van der Waals surface area contributed by atoms with Crippen molar-refractivity contribution in [3.05, 3.63) is 34.3 Å². The summed E-state index contributed by atoms with van der Waals surface area (Å²) >= 11 is 4.43. The number of nitrogens with zero attached hydrogens (tertiary/aromatic N) is 2. The number of carboxylic acid groups (broad SMARTS) is 1. The van der Waals surface area contributed by atoms with Gasteiger partial charge in [0, 0.05) is 4.47 Å². The summed E-state index contributed by atoms with van der Waals surface area (Å²) in [6.07, 6.45) is -0.231. The van der Waals surface area contributed by atoms with E-state index in [-0.39, 0.29) is 12.3 Å². The first kappa shape index (κ1) is 15.7. The summed E-state index contributed by atoms with van der Waals surface area (Å²) in [6, 6.07) is 7.60. The van der Waals surface area contributed by atoms with Gasteiger partial charge in [0.15, 0.2) is 5.17 Å². The summed E-state index contributed by atoms with van der Waals surface area (Å²) < 4.78 is 0.973. The van der Waals surface area contributed by atoms with Crippen molar-refractivity contribution in [3.63, 3.8) is 0 Å². The molecule has 2 rings (SSSR count). The van der Waals surface area contributed by atoms with E-state index in [9.17, 15) is 9.59 Å². The van der Waals surface area contributed by atoms with E-state index in [4.69, 9.17) is 5.11 Å². The Morgan fingerprint density at radius 2 is 2.10 bits per heavy atom. The second kappa shape index (κ2) is 6.86. The highest BCUT2D eigenvalue weighted by molar-refractivity contribution is 9.10. The maximum atomic E-state index is 11.5. The summed E-state index contributed by atoms with van der Waals surface area (Å²) in [6.45, 7) is 1.81. The van der Waals surface area contributed by atoms with Crippen LogP contribution in [-0.4, -0.2) is 33.1 Å². The Hall–Kier alpha value is -1.67. The maximum absolute atomic E-state index is 11.5. The highest BCUT2D eigenvalue weighted by Gasteiger charge is 2.32. The summed E-state index contributed by atoms with van der Waals surface area (Å²) in [5, 5.41) is 18.9. The fraction of sp³-hybridized carbons (Fsp3) is 0.231. The number of carboxylic acids is 1. The molecule has 0 bridgehead atoms. The third kappa shape index (κ3) is 4.40. The number of halogens is 1. The molecule has 1 aromatic carbocycles. The first-order valence-electron chi connectivity index (χ1n) is 6.03. The van der Waals surface area contributed by atoms with E-state index in [1.165, 1.54) is 0 Å². The number of carbonyl (C=O) groups excluding carboxylic acids is 1. The zero-order valence-corrected chi connectivity index (χ0v) is 13.4. The van der Waals surface area contributed by atoms with E-state index in [0.717, 1.165) is 21.8 Å². The minimum atomic E-state index is -1.02.